The third-order valence-electron chi connectivity index (χ3n) is 3.12. The maximum atomic E-state index is 4.34. The normalized spacial score (nSPS) is 10.8. The number of nitrogens with zero attached hydrogens (tertiary/aromatic N) is 3. The van der Waals surface area contributed by atoms with Gasteiger partial charge in [-0.15, -0.1) is 0 Å². The Hall–Kier alpha value is -2.36. The van der Waals surface area contributed by atoms with Crippen molar-refractivity contribution in [2.45, 2.75) is 13.5 Å². The van der Waals surface area contributed by atoms with Gasteiger partial charge in [0.25, 0.3) is 0 Å². The van der Waals surface area contributed by atoms with Crippen molar-refractivity contribution in [3.63, 3.8) is 0 Å². The van der Waals surface area contributed by atoms with E-state index in [0.717, 1.165) is 29.8 Å². The van der Waals surface area contributed by atoms with Crippen LogP contribution in [0.15, 0.2) is 49.1 Å². The molecule has 0 saturated heterocycles. The van der Waals surface area contributed by atoms with Crippen LogP contribution in [0.1, 0.15) is 5.56 Å². The summed E-state index contributed by atoms with van der Waals surface area (Å²) in [4.78, 5) is 8.62. The van der Waals surface area contributed by atoms with Crippen LogP contribution in [-0.4, -0.2) is 21.1 Å². The minimum atomic E-state index is 0.842. The van der Waals surface area contributed by atoms with Gasteiger partial charge in [0.1, 0.15) is 12.1 Å². The summed E-state index contributed by atoms with van der Waals surface area (Å²) in [7, 11) is 0. The molecule has 0 fully saturated rings. The number of hydrogen-bond donors (Lipinski definition) is 1. The number of rotatable bonds is 4. The summed E-state index contributed by atoms with van der Waals surface area (Å²) in [6.45, 7) is 3.84. The highest BCUT2D eigenvalue weighted by molar-refractivity contribution is 5.89. The third-order valence-corrected chi connectivity index (χ3v) is 3.12. The van der Waals surface area contributed by atoms with E-state index in [9.17, 15) is 0 Å². The Kier molecular flexibility index (Phi) is 3.14. The van der Waals surface area contributed by atoms with Gasteiger partial charge in [0.2, 0.25) is 0 Å². The van der Waals surface area contributed by atoms with Gasteiger partial charge in [-0.25, -0.2) is 9.97 Å². The second-order valence-corrected chi connectivity index (χ2v) is 4.59. The molecular formula is C15H16N4. The first kappa shape index (κ1) is 11.7. The van der Waals surface area contributed by atoms with Gasteiger partial charge in [0.15, 0.2) is 0 Å². The summed E-state index contributed by atoms with van der Waals surface area (Å²) in [5.41, 5.74) is 2.19. The Balaban J connectivity index is 1.78. The highest BCUT2D eigenvalue weighted by atomic mass is 15.0. The van der Waals surface area contributed by atoms with Gasteiger partial charge >= 0.3 is 0 Å². The van der Waals surface area contributed by atoms with Gasteiger partial charge in [-0.3, -0.25) is 0 Å². The van der Waals surface area contributed by atoms with Crippen LogP contribution in [0.2, 0.25) is 0 Å². The summed E-state index contributed by atoms with van der Waals surface area (Å²) < 4.78 is 2.14. The predicted octanol–water partition coefficient (Wildman–Crippen LogP) is 2.85. The van der Waals surface area contributed by atoms with Gasteiger partial charge in [0.05, 0.1) is 5.52 Å². The molecule has 0 unspecified atom stereocenters. The second-order valence-electron chi connectivity index (χ2n) is 4.59. The second kappa shape index (κ2) is 5.10. The molecule has 0 aliphatic rings. The van der Waals surface area contributed by atoms with Crippen molar-refractivity contribution >= 4 is 16.7 Å². The van der Waals surface area contributed by atoms with Crippen LogP contribution in [0.3, 0.4) is 0 Å². The van der Waals surface area contributed by atoms with E-state index in [-0.39, 0.29) is 0 Å². The van der Waals surface area contributed by atoms with Crippen molar-refractivity contribution in [1.29, 1.82) is 0 Å². The van der Waals surface area contributed by atoms with Crippen molar-refractivity contribution in [3.05, 3.63) is 54.6 Å². The molecule has 96 valence electrons. The van der Waals surface area contributed by atoms with Gasteiger partial charge in [-0.1, -0.05) is 11.6 Å². The van der Waals surface area contributed by atoms with Crippen LogP contribution < -0.4 is 5.32 Å². The molecule has 0 aliphatic heterocycles. The molecule has 1 aromatic carbocycles. The first-order chi connectivity index (χ1) is 9.33. The molecule has 0 amide bonds. The molecule has 0 aliphatic carbocycles. The predicted molar refractivity (Wildman–Crippen MR) is 77.2 cm³/mol. The summed E-state index contributed by atoms with van der Waals surface area (Å²) >= 11 is 0. The number of nitrogens with one attached hydrogen (secondary N) is 1. The zero-order chi connectivity index (χ0) is 13.1. The molecule has 2 heterocycles. The summed E-state index contributed by atoms with van der Waals surface area (Å²) in [5.74, 6) is 0.904. The Morgan fingerprint density at radius 1 is 1.16 bits per heavy atom. The van der Waals surface area contributed by atoms with E-state index in [1.165, 1.54) is 5.56 Å². The smallest absolute Gasteiger partial charge is 0.137 e. The van der Waals surface area contributed by atoms with E-state index in [0.29, 0.717) is 0 Å². The summed E-state index contributed by atoms with van der Waals surface area (Å²) in [6.07, 6.45) is 5.73. The fraction of sp³-hybridized carbons (Fsp3) is 0.200. The zero-order valence-corrected chi connectivity index (χ0v) is 10.9. The van der Waals surface area contributed by atoms with Gasteiger partial charge in [-0.2, -0.15) is 0 Å². The molecule has 4 nitrogen and oxygen atoms in total. The lowest BCUT2D eigenvalue weighted by Gasteiger charge is -2.09. The number of benzene rings is 1. The number of fused-ring (bicyclic) bond motifs is 1. The monoisotopic (exact) mass is 252 g/mol. The molecule has 3 aromatic rings. The van der Waals surface area contributed by atoms with E-state index in [1.807, 2.05) is 18.2 Å². The Morgan fingerprint density at radius 2 is 2.00 bits per heavy atom. The average molecular weight is 252 g/mol. The van der Waals surface area contributed by atoms with Crippen molar-refractivity contribution in [1.82, 2.24) is 14.5 Å². The van der Waals surface area contributed by atoms with E-state index < -0.39 is 0 Å². The van der Waals surface area contributed by atoms with Crippen LogP contribution >= 0.6 is 0 Å². The molecule has 1 N–H and O–H groups in total. The Morgan fingerprint density at radius 3 is 2.84 bits per heavy atom. The highest BCUT2D eigenvalue weighted by Gasteiger charge is 2.03. The van der Waals surface area contributed by atoms with E-state index >= 15 is 0 Å². The fourth-order valence-electron chi connectivity index (χ4n) is 2.13. The van der Waals surface area contributed by atoms with Crippen molar-refractivity contribution in [3.8, 4) is 0 Å². The maximum absolute atomic E-state index is 4.34. The minimum Gasteiger partial charge on any atom is -0.368 e. The number of hydrogen-bond acceptors (Lipinski definition) is 3. The maximum Gasteiger partial charge on any atom is 0.137 e. The third kappa shape index (κ3) is 2.57. The molecule has 0 bridgehead atoms. The van der Waals surface area contributed by atoms with Crippen LogP contribution in [0.4, 0.5) is 5.82 Å². The summed E-state index contributed by atoms with van der Waals surface area (Å²) in [6, 6.07) is 10.3. The first-order valence-corrected chi connectivity index (χ1v) is 6.39. The molecule has 0 atom stereocenters. The lowest BCUT2D eigenvalue weighted by atomic mass is 10.1. The topological polar surface area (TPSA) is 42.7 Å². The van der Waals surface area contributed by atoms with Crippen molar-refractivity contribution in [2.75, 3.05) is 11.9 Å². The SMILES string of the molecule is Cc1ccc2ncnc(NCCn3cccc3)c2c1. The lowest BCUT2D eigenvalue weighted by Crippen LogP contribution is -2.10. The molecule has 0 radical (unpaired) electrons. The molecule has 3 rings (SSSR count). The largest absolute Gasteiger partial charge is 0.368 e. The minimum absolute atomic E-state index is 0.842. The van der Waals surface area contributed by atoms with Gasteiger partial charge in [0, 0.05) is 30.9 Å². The number of anilines is 1. The van der Waals surface area contributed by atoms with Crippen LogP contribution in [0, 0.1) is 6.92 Å². The fourth-order valence-corrected chi connectivity index (χ4v) is 2.13. The van der Waals surface area contributed by atoms with Crippen LogP contribution in [0.25, 0.3) is 10.9 Å². The Labute approximate surface area is 112 Å². The molecule has 4 heteroatoms. The molecule has 0 spiro atoms. The molecule has 2 aromatic heterocycles. The zero-order valence-electron chi connectivity index (χ0n) is 10.9. The van der Waals surface area contributed by atoms with Crippen molar-refractivity contribution < 1.29 is 0 Å². The highest BCUT2D eigenvalue weighted by Crippen LogP contribution is 2.20. The van der Waals surface area contributed by atoms with E-state index in [1.54, 1.807) is 6.33 Å². The van der Waals surface area contributed by atoms with Crippen molar-refractivity contribution in [2.24, 2.45) is 0 Å². The standard InChI is InChI=1S/C15H16N4/c1-12-4-5-14-13(10-12)15(18-11-17-14)16-6-9-19-7-2-3-8-19/h2-5,7-8,10-11H,6,9H2,1H3,(H,16,17,18). The molecule has 0 saturated carbocycles. The lowest BCUT2D eigenvalue weighted by molar-refractivity contribution is 0.732. The van der Waals surface area contributed by atoms with Gasteiger partial charge in [-0.05, 0) is 31.2 Å². The molecule has 19 heavy (non-hydrogen) atoms. The Bertz CT molecular complexity index is 674. The number of aromatic nitrogens is 3. The summed E-state index contributed by atoms with van der Waals surface area (Å²) in [5, 5.41) is 4.46. The van der Waals surface area contributed by atoms with Crippen LogP contribution in [0.5, 0.6) is 0 Å². The van der Waals surface area contributed by atoms with E-state index in [2.05, 4.69) is 51.3 Å². The molecular weight excluding hydrogens is 236 g/mol. The van der Waals surface area contributed by atoms with Crippen LogP contribution in [-0.2, 0) is 6.54 Å². The quantitative estimate of drug-likeness (QED) is 0.776. The average Bonchev–Trinajstić information content (AvgIpc) is 2.92. The van der Waals surface area contributed by atoms with E-state index in [4.69, 9.17) is 0 Å². The van der Waals surface area contributed by atoms with Gasteiger partial charge < -0.3 is 9.88 Å². The number of aryl methyl sites for hydroxylation is 1. The first-order valence-electron chi connectivity index (χ1n) is 6.39.